The van der Waals surface area contributed by atoms with Crippen LogP contribution in [0.1, 0.15) is 34.1 Å². The minimum Gasteiger partial charge on any atom is -0.375 e. The zero-order valence-electron chi connectivity index (χ0n) is 11.7. The van der Waals surface area contributed by atoms with E-state index in [1.807, 2.05) is 13.8 Å². The van der Waals surface area contributed by atoms with E-state index in [-0.39, 0.29) is 16.8 Å². The number of nitrogens with zero attached hydrogens (tertiary/aromatic N) is 1. The highest BCUT2D eigenvalue weighted by atomic mass is 35.5. The predicted octanol–water partition coefficient (Wildman–Crippen LogP) is 5.61. The van der Waals surface area contributed by atoms with Crippen LogP contribution in [0, 0.1) is 13.8 Å². The van der Waals surface area contributed by atoms with Crippen LogP contribution in [0.3, 0.4) is 0 Å². The Morgan fingerprint density at radius 3 is 2.48 bits per heavy atom. The lowest BCUT2D eigenvalue weighted by Gasteiger charge is -2.20. The molecule has 1 N–H and O–H groups in total. The minimum absolute atomic E-state index is 0.0429. The third-order valence-electron chi connectivity index (χ3n) is 3.03. The van der Waals surface area contributed by atoms with Gasteiger partial charge < -0.3 is 5.32 Å². The molecule has 114 valence electrons. The lowest BCUT2D eigenvalue weighted by Crippen LogP contribution is -2.14. The smallest absolute Gasteiger partial charge is 0.375 e. The molecule has 1 aromatic carbocycles. The van der Waals surface area contributed by atoms with E-state index in [2.05, 4.69) is 10.3 Å². The number of aromatic nitrogens is 1. The normalized spacial score (nSPS) is 13.3. The van der Waals surface area contributed by atoms with E-state index in [9.17, 15) is 13.2 Å². The van der Waals surface area contributed by atoms with E-state index in [0.717, 1.165) is 21.6 Å². The van der Waals surface area contributed by atoms with Gasteiger partial charge in [-0.05, 0) is 32.9 Å². The second-order valence-corrected chi connectivity index (χ2v) is 6.52. The number of hydrogen-bond acceptors (Lipinski definition) is 3. The molecule has 2 aromatic rings. The van der Waals surface area contributed by atoms with Gasteiger partial charge in [0.25, 0.3) is 0 Å². The summed E-state index contributed by atoms with van der Waals surface area (Å²) in [4.78, 5) is 5.34. The molecule has 1 atom stereocenters. The maximum absolute atomic E-state index is 13.1. The average molecular weight is 335 g/mol. The molecular formula is C14H14ClF3N2S. The number of nitrogens with one attached hydrogen (secondary N) is 1. The van der Waals surface area contributed by atoms with Crippen LogP contribution in [0.2, 0.25) is 5.02 Å². The van der Waals surface area contributed by atoms with Crippen molar-refractivity contribution in [3.63, 3.8) is 0 Å². The monoisotopic (exact) mass is 334 g/mol. The summed E-state index contributed by atoms with van der Waals surface area (Å²) < 4.78 is 39.2. The second-order valence-electron chi connectivity index (χ2n) is 4.70. The van der Waals surface area contributed by atoms with Gasteiger partial charge in [-0.2, -0.15) is 13.2 Å². The molecule has 0 amide bonds. The van der Waals surface area contributed by atoms with Crippen LogP contribution in [0.5, 0.6) is 0 Å². The topological polar surface area (TPSA) is 24.9 Å². The highest BCUT2D eigenvalue weighted by molar-refractivity contribution is 7.11. The van der Waals surface area contributed by atoms with Crippen molar-refractivity contribution in [1.82, 2.24) is 4.98 Å². The Labute approximate surface area is 130 Å². The molecular weight excluding hydrogens is 321 g/mol. The fourth-order valence-electron chi connectivity index (χ4n) is 2.14. The standard InChI is InChI=1S/C14H14ClF3N2S/c1-7(12-8(2)21-9(3)20-12)19-13-10(14(16,17)18)5-4-6-11(13)15/h4-7,19H,1-3H3. The SMILES string of the molecule is Cc1nc(C(C)Nc2c(Cl)cccc2C(F)(F)F)c(C)s1. The lowest BCUT2D eigenvalue weighted by molar-refractivity contribution is -0.137. The fourth-order valence-corrected chi connectivity index (χ4v) is 3.28. The van der Waals surface area contributed by atoms with Crippen LogP contribution in [-0.4, -0.2) is 4.98 Å². The Hall–Kier alpha value is -1.27. The van der Waals surface area contributed by atoms with Gasteiger partial charge in [0.15, 0.2) is 0 Å². The van der Waals surface area contributed by atoms with Crippen LogP contribution >= 0.6 is 22.9 Å². The van der Waals surface area contributed by atoms with Gasteiger partial charge >= 0.3 is 6.18 Å². The lowest BCUT2D eigenvalue weighted by atomic mass is 10.1. The Bertz CT molecular complexity index is 652. The number of hydrogen-bond donors (Lipinski definition) is 1. The molecule has 0 aliphatic rings. The van der Waals surface area contributed by atoms with Crippen molar-refractivity contribution in [2.45, 2.75) is 33.0 Å². The second kappa shape index (κ2) is 5.85. The van der Waals surface area contributed by atoms with Gasteiger partial charge in [-0.1, -0.05) is 17.7 Å². The number of thiazole rings is 1. The summed E-state index contributed by atoms with van der Waals surface area (Å²) in [6.07, 6.45) is -4.46. The summed E-state index contributed by atoms with van der Waals surface area (Å²) >= 11 is 7.45. The van der Waals surface area contributed by atoms with E-state index >= 15 is 0 Å². The maximum Gasteiger partial charge on any atom is 0.418 e. The molecule has 1 heterocycles. The zero-order chi connectivity index (χ0) is 15.8. The Morgan fingerprint density at radius 2 is 1.95 bits per heavy atom. The van der Waals surface area contributed by atoms with Crippen molar-refractivity contribution in [2.75, 3.05) is 5.32 Å². The number of halogens is 4. The Morgan fingerprint density at radius 1 is 1.29 bits per heavy atom. The van der Waals surface area contributed by atoms with Crippen molar-refractivity contribution >= 4 is 28.6 Å². The molecule has 7 heteroatoms. The van der Waals surface area contributed by atoms with Gasteiger partial charge in [0.05, 0.1) is 33.0 Å². The molecule has 0 saturated carbocycles. The van der Waals surface area contributed by atoms with Crippen LogP contribution < -0.4 is 5.32 Å². The molecule has 1 unspecified atom stereocenters. The van der Waals surface area contributed by atoms with Crippen molar-refractivity contribution in [1.29, 1.82) is 0 Å². The first-order valence-electron chi connectivity index (χ1n) is 6.26. The molecule has 0 aliphatic heterocycles. The summed E-state index contributed by atoms with van der Waals surface area (Å²) in [5.74, 6) is 0. The van der Waals surface area contributed by atoms with Gasteiger partial charge in [-0.25, -0.2) is 4.98 Å². The van der Waals surface area contributed by atoms with Crippen LogP contribution in [0.15, 0.2) is 18.2 Å². The molecule has 0 bridgehead atoms. The molecule has 21 heavy (non-hydrogen) atoms. The van der Waals surface area contributed by atoms with Crippen molar-refractivity contribution in [3.8, 4) is 0 Å². The van der Waals surface area contributed by atoms with E-state index in [0.29, 0.717) is 0 Å². The highest BCUT2D eigenvalue weighted by Gasteiger charge is 2.34. The van der Waals surface area contributed by atoms with Gasteiger partial charge in [-0.15, -0.1) is 11.3 Å². The number of rotatable bonds is 3. The van der Waals surface area contributed by atoms with Gasteiger partial charge in [0.1, 0.15) is 0 Å². The molecule has 0 spiro atoms. The van der Waals surface area contributed by atoms with Gasteiger partial charge in [0.2, 0.25) is 0 Å². The number of aryl methyl sites for hydroxylation is 2. The molecule has 0 aliphatic carbocycles. The third kappa shape index (κ3) is 3.49. The van der Waals surface area contributed by atoms with Crippen molar-refractivity contribution in [3.05, 3.63) is 44.4 Å². The quantitative estimate of drug-likeness (QED) is 0.789. The molecule has 2 rings (SSSR count). The summed E-state index contributed by atoms with van der Waals surface area (Å²) in [7, 11) is 0. The number of benzene rings is 1. The van der Waals surface area contributed by atoms with Crippen molar-refractivity contribution in [2.24, 2.45) is 0 Å². The number of para-hydroxylation sites is 1. The van der Waals surface area contributed by atoms with E-state index in [1.165, 1.54) is 23.5 Å². The summed E-state index contributed by atoms with van der Waals surface area (Å²) in [5.41, 5.74) is -0.138. The highest BCUT2D eigenvalue weighted by Crippen LogP contribution is 2.40. The van der Waals surface area contributed by atoms with Crippen LogP contribution in [-0.2, 0) is 6.18 Å². The first kappa shape index (κ1) is 16.1. The van der Waals surface area contributed by atoms with Crippen molar-refractivity contribution < 1.29 is 13.2 Å². The summed E-state index contributed by atoms with van der Waals surface area (Å²) in [6, 6.07) is 3.38. The first-order chi connectivity index (χ1) is 9.70. The molecule has 0 fully saturated rings. The van der Waals surface area contributed by atoms with E-state index in [4.69, 9.17) is 11.6 Å². The molecule has 0 radical (unpaired) electrons. The van der Waals surface area contributed by atoms with Gasteiger partial charge in [-0.3, -0.25) is 0 Å². The minimum atomic E-state index is -4.46. The van der Waals surface area contributed by atoms with E-state index in [1.54, 1.807) is 6.92 Å². The summed E-state index contributed by atoms with van der Waals surface area (Å²) in [6.45, 7) is 5.53. The Kier molecular flexibility index (Phi) is 4.49. The number of anilines is 1. The number of alkyl halides is 3. The molecule has 2 nitrogen and oxygen atoms in total. The molecule has 1 aromatic heterocycles. The maximum atomic E-state index is 13.1. The Balaban J connectivity index is 2.37. The average Bonchev–Trinajstić information content (AvgIpc) is 2.69. The van der Waals surface area contributed by atoms with Gasteiger partial charge in [0, 0.05) is 4.88 Å². The summed E-state index contributed by atoms with van der Waals surface area (Å²) in [5, 5.41) is 3.77. The fraction of sp³-hybridized carbons (Fsp3) is 0.357. The van der Waals surface area contributed by atoms with Crippen LogP contribution in [0.25, 0.3) is 0 Å². The predicted molar refractivity (Wildman–Crippen MR) is 80.1 cm³/mol. The molecule has 0 saturated heterocycles. The third-order valence-corrected chi connectivity index (χ3v) is 4.25. The zero-order valence-corrected chi connectivity index (χ0v) is 13.2. The van der Waals surface area contributed by atoms with Crippen LogP contribution in [0.4, 0.5) is 18.9 Å². The van der Waals surface area contributed by atoms with E-state index < -0.39 is 11.7 Å². The largest absolute Gasteiger partial charge is 0.418 e. The first-order valence-corrected chi connectivity index (χ1v) is 7.45.